The van der Waals surface area contributed by atoms with Crippen LogP contribution in [0.15, 0.2) is 18.2 Å². The van der Waals surface area contributed by atoms with E-state index < -0.39 is 0 Å². The predicted octanol–water partition coefficient (Wildman–Crippen LogP) is 4.38. The fourth-order valence-corrected chi connectivity index (χ4v) is 4.88. The lowest BCUT2D eigenvalue weighted by atomic mass is 9.79. The molecule has 2 aromatic rings. The van der Waals surface area contributed by atoms with Crippen molar-refractivity contribution in [3.05, 3.63) is 33.1 Å². The lowest BCUT2D eigenvalue weighted by Crippen LogP contribution is -2.47. The van der Waals surface area contributed by atoms with Crippen LogP contribution in [0.1, 0.15) is 22.5 Å². The van der Waals surface area contributed by atoms with Crippen molar-refractivity contribution in [2.75, 3.05) is 33.4 Å². The van der Waals surface area contributed by atoms with Gasteiger partial charge in [-0.15, -0.1) is 23.7 Å². The van der Waals surface area contributed by atoms with Crippen molar-refractivity contribution in [1.82, 2.24) is 10.6 Å². The molecule has 8 heteroatoms. The summed E-state index contributed by atoms with van der Waals surface area (Å²) in [4.78, 5) is 13.2. The van der Waals surface area contributed by atoms with Gasteiger partial charge in [-0.05, 0) is 38.1 Å². The first-order valence-electron chi connectivity index (χ1n) is 7.90. The molecule has 0 bridgehead atoms. The number of carbonyl (C=O) groups is 1. The molecule has 2 N–H and O–H groups in total. The van der Waals surface area contributed by atoms with Crippen LogP contribution in [0.2, 0.25) is 10.0 Å². The Kier molecular flexibility index (Phi) is 7.38. The highest BCUT2D eigenvalue weighted by atomic mass is 35.5. The summed E-state index contributed by atoms with van der Waals surface area (Å²) < 4.78 is 6.31. The molecule has 0 atom stereocenters. The van der Waals surface area contributed by atoms with Crippen LogP contribution >= 0.6 is 46.9 Å². The van der Waals surface area contributed by atoms with Crippen LogP contribution in [0.25, 0.3) is 10.1 Å². The normalized spacial score (nSPS) is 16.4. The second-order valence-corrected chi connectivity index (χ2v) is 8.12. The SMILES string of the molecule is COCC1(CNC(=O)c2sc3cc(Cl)ccc3c2Cl)CCNCC1.Cl. The van der Waals surface area contributed by atoms with Gasteiger partial charge in [-0.1, -0.05) is 29.3 Å². The molecule has 1 fully saturated rings. The average molecular weight is 424 g/mol. The van der Waals surface area contributed by atoms with Gasteiger partial charge in [0.05, 0.1) is 11.6 Å². The first-order valence-corrected chi connectivity index (χ1v) is 9.47. The molecular weight excluding hydrogens is 403 g/mol. The Labute approximate surface area is 167 Å². The largest absolute Gasteiger partial charge is 0.384 e. The molecule has 1 aliphatic heterocycles. The van der Waals surface area contributed by atoms with Crippen LogP contribution in [0.3, 0.4) is 0 Å². The van der Waals surface area contributed by atoms with Gasteiger partial charge in [0, 0.05) is 34.2 Å². The van der Waals surface area contributed by atoms with Crippen LogP contribution < -0.4 is 10.6 Å². The summed E-state index contributed by atoms with van der Waals surface area (Å²) in [7, 11) is 1.71. The number of piperidine rings is 1. The van der Waals surface area contributed by atoms with E-state index in [0.29, 0.717) is 28.1 Å². The summed E-state index contributed by atoms with van der Waals surface area (Å²) in [6, 6.07) is 5.47. The summed E-state index contributed by atoms with van der Waals surface area (Å²) in [5, 5.41) is 8.41. The first kappa shape index (κ1) is 20.7. The van der Waals surface area contributed by atoms with Crippen molar-refractivity contribution < 1.29 is 9.53 Å². The second kappa shape index (κ2) is 8.89. The maximum absolute atomic E-state index is 12.6. The molecule has 1 saturated heterocycles. The van der Waals surface area contributed by atoms with Gasteiger partial charge in [0.25, 0.3) is 5.91 Å². The Hall–Kier alpha value is -0.560. The maximum atomic E-state index is 12.6. The molecule has 0 saturated carbocycles. The second-order valence-electron chi connectivity index (χ2n) is 6.25. The monoisotopic (exact) mass is 422 g/mol. The van der Waals surface area contributed by atoms with Gasteiger partial charge in [-0.2, -0.15) is 0 Å². The van der Waals surface area contributed by atoms with Gasteiger partial charge in [0.15, 0.2) is 0 Å². The van der Waals surface area contributed by atoms with E-state index in [1.54, 1.807) is 13.2 Å². The molecule has 25 heavy (non-hydrogen) atoms. The number of ether oxygens (including phenoxy) is 1. The van der Waals surface area contributed by atoms with Gasteiger partial charge in [-0.3, -0.25) is 4.79 Å². The minimum Gasteiger partial charge on any atom is -0.384 e. The number of thiophene rings is 1. The number of fused-ring (bicyclic) bond motifs is 1. The van der Waals surface area contributed by atoms with Gasteiger partial charge in [0.2, 0.25) is 0 Å². The van der Waals surface area contributed by atoms with Crippen molar-refractivity contribution in [3.63, 3.8) is 0 Å². The summed E-state index contributed by atoms with van der Waals surface area (Å²) in [5.41, 5.74) is -0.0118. The molecule has 0 aliphatic carbocycles. The van der Waals surface area contributed by atoms with Gasteiger partial charge in [-0.25, -0.2) is 0 Å². The molecule has 0 unspecified atom stereocenters. The molecule has 1 aromatic carbocycles. The molecule has 138 valence electrons. The van der Waals surface area contributed by atoms with Gasteiger partial charge in [0.1, 0.15) is 4.88 Å². The van der Waals surface area contributed by atoms with Crippen LogP contribution in [-0.4, -0.2) is 39.3 Å². The third kappa shape index (κ3) is 4.59. The topological polar surface area (TPSA) is 50.4 Å². The average Bonchev–Trinajstić information content (AvgIpc) is 2.90. The number of hydrogen-bond acceptors (Lipinski definition) is 4. The third-order valence-corrected chi connectivity index (χ3v) is 6.43. The van der Waals surface area contributed by atoms with Crippen LogP contribution in [0, 0.1) is 5.41 Å². The minimum atomic E-state index is -0.133. The summed E-state index contributed by atoms with van der Waals surface area (Å²) in [6.45, 7) is 3.13. The zero-order valence-corrected chi connectivity index (χ0v) is 17.0. The van der Waals surface area contributed by atoms with Gasteiger partial charge >= 0.3 is 0 Å². The predicted molar refractivity (Wildman–Crippen MR) is 108 cm³/mol. The van der Waals surface area contributed by atoms with Gasteiger partial charge < -0.3 is 15.4 Å². The Bertz CT molecular complexity index is 739. The highest BCUT2D eigenvalue weighted by Gasteiger charge is 2.33. The number of benzene rings is 1. The fourth-order valence-electron chi connectivity index (χ4n) is 3.17. The fraction of sp³-hybridized carbons (Fsp3) is 0.471. The number of carbonyl (C=O) groups excluding carboxylic acids is 1. The van der Waals surface area contributed by atoms with E-state index in [9.17, 15) is 4.79 Å². The van der Waals surface area contributed by atoms with E-state index >= 15 is 0 Å². The number of methoxy groups -OCH3 is 1. The van der Waals surface area contributed by atoms with Crippen molar-refractivity contribution in [3.8, 4) is 0 Å². The molecule has 1 amide bonds. The van der Waals surface area contributed by atoms with E-state index in [-0.39, 0.29) is 23.7 Å². The number of halogens is 3. The highest BCUT2D eigenvalue weighted by Crippen LogP contribution is 2.37. The van der Waals surface area contributed by atoms with Crippen molar-refractivity contribution >= 4 is 62.9 Å². The molecular formula is C17H21Cl3N2O2S. The lowest BCUT2D eigenvalue weighted by Gasteiger charge is -2.37. The highest BCUT2D eigenvalue weighted by molar-refractivity contribution is 7.21. The van der Waals surface area contributed by atoms with Crippen LogP contribution in [-0.2, 0) is 4.74 Å². The van der Waals surface area contributed by atoms with E-state index in [4.69, 9.17) is 27.9 Å². The number of hydrogen-bond donors (Lipinski definition) is 2. The van der Waals surface area contributed by atoms with E-state index in [0.717, 1.165) is 36.0 Å². The number of nitrogens with one attached hydrogen (secondary N) is 2. The lowest BCUT2D eigenvalue weighted by molar-refractivity contribution is 0.0512. The quantitative estimate of drug-likeness (QED) is 0.750. The molecule has 0 radical (unpaired) electrons. The summed E-state index contributed by atoms with van der Waals surface area (Å²) in [6.07, 6.45) is 1.97. The third-order valence-electron chi connectivity index (χ3n) is 4.54. The van der Waals surface area contributed by atoms with Crippen molar-refractivity contribution in [2.24, 2.45) is 5.41 Å². The zero-order chi connectivity index (χ0) is 17.2. The van der Waals surface area contributed by atoms with E-state index in [2.05, 4.69) is 10.6 Å². The molecule has 2 heterocycles. The minimum absolute atomic E-state index is 0. The molecule has 4 nitrogen and oxygen atoms in total. The Balaban J connectivity index is 0.00000225. The number of amides is 1. The molecule has 1 aromatic heterocycles. The zero-order valence-electron chi connectivity index (χ0n) is 13.9. The molecule has 1 aliphatic rings. The number of rotatable bonds is 5. The summed E-state index contributed by atoms with van der Waals surface area (Å²) >= 11 is 13.8. The van der Waals surface area contributed by atoms with Crippen molar-refractivity contribution in [2.45, 2.75) is 12.8 Å². The standard InChI is InChI=1S/C17H20Cl2N2O2S.ClH/c1-23-10-17(4-6-20-7-5-17)9-21-16(22)15-14(19)12-3-2-11(18)8-13(12)24-15;/h2-3,8,20H,4-7,9-10H2,1H3,(H,21,22);1H. The van der Waals surface area contributed by atoms with Crippen LogP contribution in [0.5, 0.6) is 0 Å². The Morgan fingerprint density at radius 2 is 2.08 bits per heavy atom. The Morgan fingerprint density at radius 3 is 2.76 bits per heavy atom. The van der Waals surface area contributed by atoms with Crippen molar-refractivity contribution in [1.29, 1.82) is 0 Å². The summed E-state index contributed by atoms with van der Waals surface area (Å²) in [5.74, 6) is -0.133. The van der Waals surface area contributed by atoms with E-state index in [1.165, 1.54) is 11.3 Å². The van der Waals surface area contributed by atoms with E-state index in [1.807, 2.05) is 12.1 Å². The Morgan fingerprint density at radius 1 is 1.36 bits per heavy atom. The molecule has 0 spiro atoms. The smallest absolute Gasteiger partial charge is 0.262 e. The molecule has 3 rings (SSSR count). The maximum Gasteiger partial charge on any atom is 0.262 e. The first-order chi connectivity index (χ1) is 11.5. The van der Waals surface area contributed by atoms with Crippen LogP contribution in [0.4, 0.5) is 0 Å².